The molecule has 19 heavy (non-hydrogen) atoms. The number of hydrogen-bond acceptors (Lipinski definition) is 3. The Morgan fingerprint density at radius 1 is 1.37 bits per heavy atom. The number of para-hydroxylation sites is 1. The topological polar surface area (TPSA) is 41.6 Å². The van der Waals surface area contributed by atoms with Gasteiger partial charge in [-0.25, -0.2) is 0 Å². The van der Waals surface area contributed by atoms with E-state index in [4.69, 9.17) is 4.74 Å². The fraction of sp³-hybridized carbons (Fsp3) is 0.533. The van der Waals surface area contributed by atoms with E-state index in [0.29, 0.717) is 19.1 Å². The zero-order valence-corrected chi connectivity index (χ0v) is 12.3. The van der Waals surface area contributed by atoms with Gasteiger partial charge in [-0.2, -0.15) is 0 Å². The van der Waals surface area contributed by atoms with Crippen molar-refractivity contribution in [3.8, 4) is 5.75 Å². The van der Waals surface area contributed by atoms with Gasteiger partial charge < -0.3 is 15.0 Å². The minimum absolute atomic E-state index is 0.114. The van der Waals surface area contributed by atoms with E-state index >= 15 is 0 Å². The van der Waals surface area contributed by atoms with E-state index in [9.17, 15) is 4.79 Å². The van der Waals surface area contributed by atoms with Crippen molar-refractivity contribution in [1.29, 1.82) is 0 Å². The van der Waals surface area contributed by atoms with Crippen LogP contribution in [0.5, 0.6) is 5.75 Å². The maximum atomic E-state index is 11.9. The second-order valence-corrected chi connectivity index (χ2v) is 4.91. The Bertz CT molecular complexity index is 405. The van der Waals surface area contributed by atoms with Crippen LogP contribution in [0.15, 0.2) is 24.3 Å². The molecule has 0 aliphatic heterocycles. The molecule has 0 aromatic heterocycles. The highest BCUT2D eigenvalue weighted by atomic mass is 16.5. The van der Waals surface area contributed by atoms with Crippen LogP contribution in [0, 0.1) is 0 Å². The van der Waals surface area contributed by atoms with Gasteiger partial charge in [-0.1, -0.05) is 32.0 Å². The monoisotopic (exact) mass is 264 g/mol. The minimum atomic E-state index is 0.114. The van der Waals surface area contributed by atoms with Crippen molar-refractivity contribution in [2.45, 2.75) is 26.3 Å². The highest BCUT2D eigenvalue weighted by Crippen LogP contribution is 2.17. The summed E-state index contributed by atoms with van der Waals surface area (Å²) in [6.07, 6.45) is 0.800. The lowest BCUT2D eigenvalue weighted by Crippen LogP contribution is -2.38. The van der Waals surface area contributed by atoms with Gasteiger partial charge in [0.05, 0.1) is 13.7 Å². The number of benzene rings is 1. The van der Waals surface area contributed by atoms with E-state index in [2.05, 4.69) is 5.32 Å². The van der Waals surface area contributed by atoms with E-state index in [1.54, 1.807) is 12.0 Å². The number of methoxy groups -OCH3 is 1. The van der Waals surface area contributed by atoms with Crippen LogP contribution in [0.25, 0.3) is 0 Å². The lowest BCUT2D eigenvalue weighted by Gasteiger charge is -2.19. The first-order valence-electron chi connectivity index (χ1n) is 6.63. The smallest absolute Gasteiger partial charge is 0.236 e. The third-order valence-corrected chi connectivity index (χ3v) is 3.00. The third-order valence-electron chi connectivity index (χ3n) is 3.00. The summed E-state index contributed by atoms with van der Waals surface area (Å²) in [6.45, 7) is 5.14. The Morgan fingerprint density at radius 3 is 2.68 bits per heavy atom. The van der Waals surface area contributed by atoms with E-state index < -0.39 is 0 Å². The van der Waals surface area contributed by atoms with Crippen molar-refractivity contribution < 1.29 is 9.53 Å². The van der Waals surface area contributed by atoms with Crippen LogP contribution in [0.3, 0.4) is 0 Å². The molecule has 0 unspecified atom stereocenters. The number of nitrogens with one attached hydrogen (secondary N) is 1. The Morgan fingerprint density at radius 2 is 2.05 bits per heavy atom. The van der Waals surface area contributed by atoms with Crippen LogP contribution in [0.2, 0.25) is 0 Å². The first kappa shape index (κ1) is 15.5. The molecule has 0 aliphatic carbocycles. The van der Waals surface area contributed by atoms with E-state index in [1.807, 2.05) is 45.2 Å². The summed E-state index contributed by atoms with van der Waals surface area (Å²) in [5.41, 5.74) is 1.13. The van der Waals surface area contributed by atoms with Crippen molar-refractivity contribution in [1.82, 2.24) is 10.2 Å². The second kappa shape index (κ2) is 7.79. The van der Waals surface area contributed by atoms with Crippen molar-refractivity contribution in [2.75, 3.05) is 27.2 Å². The third kappa shape index (κ3) is 5.30. The molecule has 0 saturated carbocycles. The summed E-state index contributed by atoms with van der Waals surface area (Å²) in [5.74, 6) is 0.993. The standard InChI is InChI=1S/C15H24N2O2/c1-12(2)16-11-15(18)17(3)10-9-13-7-5-6-8-14(13)19-4/h5-8,12,16H,9-11H2,1-4H3. The molecule has 1 rings (SSSR count). The Kier molecular flexibility index (Phi) is 6.36. The molecule has 0 heterocycles. The molecule has 106 valence electrons. The summed E-state index contributed by atoms with van der Waals surface area (Å²) >= 11 is 0. The lowest BCUT2D eigenvalue weighted by atomic mass is 10.1. The van der Waals surface area contributed by atoms with Gasteiger partial charge in [0.15, 0.2) is 0 Å². The number of carbonyl (C=O) groups excluding carboxylic acids is 1. The van der Waals surface area contributed by atoms with Crippen LogP contribution in [-0.2, 0) is 11.2 Å². The largest absolute Gasteiger partial charge is 0.496 e. The molecular formula is C15H24N2O2. The second-order valence-electron chi connectivity index (χ2n) is 4.91. The fourth-order valence-electron chi connectivity index (χ4n) is 1.75. The number of hydrogen-bond donors (Lipinski definition) is 1. The molecule has 1 aromatic carbocycles. The molecule has 1 amide bonds. The Balaban J connectivity index is 2.45. The Labute approximate surface area is 115 Å². The summed E-state index contributed by atoms with van der Waals surface area (Å²) in [7, 11) is 3.50. The quantitative estimate of drug-likeness (QED) is 0.815. The summed E-state index contributed by atoms with van der Waals surface area (Å²) in [5, 5.41) is 3.13. The Hall–Kier alpha value is -1.55. The lowest BCUT2D eigenvalue weighted by molar-refractivity contribution is -0.129. The van der Waals surface area contributed by atoms with Gasteiger partial charge in [0.2, 0.25) is 5.91 Å². The molecule has 0 atom stereocenters. The van der Waals surface area contributed by atoms with Crippen LogP contribution in [-0.4, -0.2) is 44.1 Å². The predicted octanol–water partition coefficient (Wildman–Crippen LogP) is 1.69. The molecule has 0 radical (unpaired) electrons. The summed E-state index contributed by atoms with van der Waals surface area (Å²) in [4.78, 5) is 13.6. The molecular weight excluding hydrogens is 240 g/mol. The molecule has 1 N–H and O–H groups in total. The van der Waals surface area contributed by atoms with Crippen molar-refractivity contribution >= 4 is 5.91 Å². The van der Waals surface area contributed by atoms with Gasteiger partial charge >= 0.3 is 0 Å². The summed E-state index contributed by atoms with van der Waals surface area (Å²) < 4.78 is 5.30. The SMILES string of the molecule is COc1ccccc1CCN(C)C(=O)CNC(C)C. The van der Waals surface area contributed by atoms with Crippen LogP contribution in [0.1, 0.15) is 19.4 Å². The summed E-state index contributed by atoms with van der Waals surface area (Å²) in [6, 6.07) is 8.23. The molecule has 0 spiro atoms. The van der Waals surface area contributed by atoms with Gasteiger partial charge in [0.1, 0.15) is 5.75 Å². The molecule has 4 nitrogen and oxygen atoms in total. The number of carbonyl (C=O) groups is 1. The van der Waals surface area contributed by atoms with Gasteiger partial charge in [-0.05, 0) is 18.1 Å². The molecule has 1 aromatic rings. The number of rotatable bonds is 7. The molecule has 0 aliphatic rings. The van der Waals surface area contributed by atoms with E-state index in [1.165, 1.54) is 0 Å². The number of likely N-dealkylation sites (N-methyl/N-ethyl adjacent to an activating group) is 1. The normalized spacial score (nSPS) is 10.6. The van der Waals surface area contributed by atoms with Crippen molar-refractivity contribution in [2.24, 2.45) is 0 Å². The van der Waals surface area contributed by atoms with Crippen LogP contribution >= 0.6 is 0 Å². The van der Waals surface area contributed by atoms with Crippen LogP contribution < -0.4 is 10.1 Å². The maximum absolute atomic E-state index is 11.9. The number of nitrogens with zero attached hydrogens (tertiary/aromatic N) is 1. The number of amides is 1. The van der Waals surface area contributed by atoms with Gasteiger partial charge in [-0.15, -0.1) is 0 Å². The predicted molar refractivity (Wildman–Crippen MR) is 77.5 cm³/mol. The highest BCUT2D eigenvalue weighted by molar-refractivity contribution is 5.78. The zero-order chi connectivity index (χ0) is 14.3. The van der Waals surface area contributed by atoms with Gasteiger partial charge in [0, 0.05) is 19.6 Å². The maximum Gasteiger partial charge on any atom is 0.236 e. The van der Waals surface area contributed by atoms with Crippen LogP contribution in [0.4, 0.5) is 0 Å². The molecule has 4 heteroatoms. The van der Waals surface area contributed by atoms with E-state index in [-0.39, 0.29) is 5.91 Å². The fourth-order valence-corrected chi connectivity index (χ4v) is 1.75. The van der Waals surface area contributed by atoms with Gasteiger partial charge in [-0.3, -0.25) is 4.79 Å². The van der Waals surface area contributed by atoms with Crippen molar-refractivity contribution in [3.63, 3.8) is 0 Å². The first-order chi connectivity index (χ1) is 9.04. The van der Waals surface area contributed by atoms with E-state index in [0.717, 1.165) is 17.7 Å². The van der Waals surface area contributed by atoms with Crippen molar-refractivity contribution in [3.05, 3.63) is 29.8 Å². The molecule has 0 saturated heterocycles. The average Bonchev–Trinajstić information content (AvgIpc) is 2.42. The average molecular weight is 264 g/mol. The minimum Gasteiger partial charge on any atom is -0.496 e. The first-order valence-corrected chi connectivity index (χ1v) is 6.63. The van der Waals surface area contributed by atoms with Gasteiger partial charge in [0.25, 0.3) is 0 Å². The highest BCUT2D eigenvalue weighted by Gasteiger charge is 2.10. The number of ether oxygens (including phenoxy) is 1. The zero-order valence-electron chi connectivity index (χ0n) is 12.3. The molecule has 0 bridgehead atoms. The molecule has 0 fully saturated rings.